The molecule has 1 unspecified atom stereocenters. The third kappa shape index (κ3) is 8.84. The van der Waals surface area contributed by atoms with Gasteiger partial charge in [0.25, 0.3) is 5.79 Å². The summed E-state index contributed by atoms with van der Waals surface area (Å²) < 4.78 is 10.4. The zero-order chi connectivity index (χ0) is 25.9. The number of hydrogen-bond donors (Lipinski definition) is 3. The smallest absolute Gasteiger partial charge is 0.367 e. The van der Waals surface area contributed by atoms with Crippen molar-refractivity contribution in [3.8, 4) is 0 Å². The zero-order valence-corrected chi connectivity index (χ0v) is 22.7. The first-order valence-electron chi connectivity index (χ1n) is 14.1. The zero-order valence-electron chi connectivity index (χ0n) is 22.7. The minimum atomic E-state index is -2.17. The number of rotatable bonds is 15. The van der Waals surface area contributed by atoms with E-state index in [4.69, 9.17) is 14.6 Å². The molecule has 2 rings (SSSR count). The SMILES string of the molecule is CCOC(=O)C(O)(OCCO)C(C)(C)C=CCC[C@@H]1[C@@H](CCCCC2CCC(C)CC2)CC[C@@H]1O. The van der Waals surface area contributed by atoms with Crippen molar-refractivity contribution in [2.24, 2.45) is 29.1 Å². The van der Waals surface area contributed by atoms with Crippen LogP contribution in [-0.4, -0.2) is 53.0 Å². The summed E-state index contributed by atoms with van der Waals surface area (Å²) in [5, 5.41) is 30.7. The van der Waals surface area contributed by atoms with Gasteiger partial charge < -0.3 is 24.8 Å². The van der Waals surface area contributed by atoms with Crippen LogP contribution in [0.25, 0.3) is 0 Å². The molecule has 6 heteroatoms. The third-order valence-electron chi connectivity index (χ3n) is 8.53. The quantitative estimate of drug-likeness (QED) is 0.122. The summed E-state index contributed by atoms with van der Waals surface area (Å²) in [6.45, 7) is 7.15. The number of aliphatic hydroxyl groups is 3. The third-order valence-corrected chi connectivity index (χ3v) is 8.53. The molecule has 2 aliphatic carbocycles. The van der Waals surface area contributed by atoms with Gasteiger partial charge in [-0.2, -0.15) is 0 Å². The van der Waals surface area contributed by atoms with Crippen molar-refractivity contribution < 1.29 is 29.6 Å². The Balaban J connectivity index is 1.82. The van der Waals surface area contributed by atoms with E-state index in [1.165, 1.54) is 51.4 Å². The lowest BCUT2D eigenvalue weighted by Crippen LogP contribution is -2.54. The molecule has 2 fully saturated rings. The molecule has 0 aromatic rings. The molecular formula is C29H52O6. The van der Waals surface area contributed by atoms with Gasteiger partial charge in [-0.1, -0.05) is 84.3 Å². The van der Waals surface area contributed by atoms with E-state index in [0.717, 1.165) is 37.5 Å². The molecule has 2 aliphatic rings. The van der Waals surface area contributed by atoms with E-state index in [-0.39, 0.29) is 25.9 Å². The Hall–Kier alpha value is -0.950. The summed E-state index contributed by atoms with van der Waals surface area (Å²) in [7, 11) is 0. The minimum absolute atomic E-state index is 0.129. The molecule has 0 bridgehead atoms. The van der Waals surface area contributed by atoms with Crippen LogP contribution in [0.15, 0.2) is 12.2 Å². The second-order valence-corrected chi connectivity index (χ2v) is 11.6. The normalized spacial score (nSPS) is 29.4. The van der Waals surface area contributed by atoms with Crippen LogP contribution >= 0.6 is 0 Å². The van der Waals surface area contributed by atoms with Crippen molar-refractivity contribution in [1.29, 1.82) is 0 Å². The number of esters is 1. The van der Waals surface area contributed by atoms with Crippen molar-refractivity contribution in [2.75, 3.05) is 19.8 Å². The van der Waals surface area contributed by atoms with Crippen LogP contribution in [0.4, 0.5) is 0 Å². The number of aliphatic hydroxyl groups excluding tert-OH is 2. The van der Waals surface area contributed by atoms with E-state index in [1.54, 1.807) is 26.8 Å². The minimum Gasteiger partial charge on any atom is -0.462 e. The maximum atomic E-state index is 12.4. The molecule has 3 N–H and O–H groups in total. The molecule has 6 nitrogen and oxygen atoms in total. The van der Waals surface area contributed by atoms with Crippen molar-refractivity contribution in [3.63, 3.8) is 0 Å². The lowest BCUT2D eigenvalue weighted by molar-refractivity contribution is -0.261. The Morgan fingerprint density at radius 2 is 1.71 bits per heavy atom. The average Bonchev–Trinajstić information content (AvgIpc) is 3.18. The molecule has 0 aromatic heterocycles. The molecule has 0 spiro atoms. The summed E-state index contributed by atoms with van der Waals surface area (Å²) in [5.41, 5.74) is -1.04. The van der Waals surface area contributed by atoms with Gasteiger partial charge in [0.05, 0.1) is 25.9 Å². The van der Waals surface area contributed by atoms with Crippen molar-refractivity contribution in [3.05, 3.63) is 12.2 Å². The van der Waals surface area contributed by atoms with E-state index in [9.17, 15) is 15.0 Å². The number of carbonyl (C=O) groups is 1. The van der Waals surface area contributed by atoms with E-state index in [0.29, 0.717) is 11.8 Å². The van der Waals surface area contributed by atoms with Gasteiger partial charge >= 0.3 is 5.97 Å². The Morgan fingerprint density at radius 1 is 1.03 bits per heavy atom. The Bertz CT molecular complexity index is 639. The highest BCUT2D eigenvalue weighted by Crippen LogP contribution is 2.40. The average molecular weight is 497 g/mol. The molecular weight excluding hydrogens is 444 g/mol. The summed E-state index contributed by atoms with van der Waals surface area (Å²) >= 11 is 0. The van der Waals surface area contributed by atoms with Crippen LogP contribution in [0.2, 0.25) is 0 Å². The second kappa shape index (κ2) is 14.7. The van der Waals surface area contributed by atoms with Gasteiger partial charge in [-0.05, 0) is 56.3 Å². The first kappa shape index (κ1) is 30.3. The van der Waals surface area contributed by atoms with Crippen LogP contribution in [0, 0.1) is 29.1 Å². The van der Waals surface area contributed by atoms with E-state index >= 15 is 0 Å². The molecule has 35 heavy (non-hydrogen) atoms. The van der Waals surface area contributed by atoms with Gasteiger partial charge in [0.2, 0.25) is 0 Å². The monoisotopic (exact) mass is 496 g/mol. The molecule has 0 aliphatic heterocycles. The van der Waals surface area contributed by atoms with Gasteiger partial charge in [-0.3, -0.25) is 0 Å². The molecule has 204 valence electrons. The summed E-state index contributed by atoms with van der Waals surface area (Å²) in [6, 6.07) is 0. The molecule has 0 saturated heterocycles. The van der Waals surface area contributed by atoms with Gasteiger partial charge in [0.15, 0.2) is 0 Å². The fourth-order valence-electron chi connectivity index (χ4n) is 6.08. The topological polar surface area (TPSA) is 96.2 Å². The lowest BCUT2D eigenvalue weighted by Gasteiger charge is -2.37. The Kier molecular flexibility index (Phi) is 12.7. The largest absolute Gasteiger partial charge is 0.462 e. The lowest BCUT2D eigenvalue weighted by atomic mass is 9.80. The predicted molar refractivity (Wildman–Crippen MR) is 139 cm³/mol. The summed E-state index contributed by atoms with van der Waals surface area (Å²) in [6.07, 6.45) is 18.0. The van der Waals surface area contributed by atoms with Crippen LogP contribution in [-0.2, 0) is 14.3 Å². The summed E-state index contributed by atoms with van der Waals surface area (Å²) in [4.78, 5) is 12.4. The van der Waals surface area contributed by atoms with E-state index in [2.05, 4.69) is 6.92 Å². The van der Waals surface area contributed by atoms with Crippen LogP contribution < -0.4 is 0 Å². The standard InChI is InChI=1S/C29H52O6/c1-5-34-27(32)29(33,35-21-20-30)28(3,4)19-9-8-12-25-24(17-18-26(25)31)11-7-6-10-23-15-13-22(2)14-16-23/h9,19,22-26,30-31,33H,5-8,10-18,20-21H2,1-4H3/t22?,23?,24-,25+,26-,29?/m0/s1. The van der Waals surface area contributed by atoms with Gasteiger partial charge in [-0.25, -0.2) is 4.79 Å². The molecule has 0 radical (unpaired) electrons. The highest BCUT2D eigenvalue weighted by Gasteiger charge is 2.51. The van der Waals surface area contributed by atoms with Gasteiger partial charge in [-0.15, -0.1) is 0 Å². The number of carbonyl (C=O) groups excluding carboxylic acids is 1. The highest BCUT2D eigenvalue weighted by molar-refractivity contribution is 5.79. The molecule has 4 atom stereocenters. The number of allylic oxidation sites excluding steroid dienone is 1. The highest BCUT2D eigenvalue weighted by atomic mass is 16.7. The van der Waals surface area contributed by atoms with Crippen LogP contribution in [0.3, 0.4) is 0 Å². The Morgan fingerprint density at radius 3 is 2.37 bits per heavy atom. The fourth-order valence-corrected chi connectivity index (χ4v) is 6.08. The molecule has 0 heterocycles. The van der Waals surface area contributed by atoms with Gasteiger partial charge in [0, 0.05) is 5.41 Å². The molecule has 2 saturated carbocycles. The number of unbranched alkanes of at least 4 members (excludes halogenated alkanes) is 1. The molecule has 0 amide bonds. The predicted octanol–water partition coefficient (Wildman–Crippen LogP) is 5.38. The number of hydrogen-bond acceptors (Lipinski definition) is 6. The van der Waals surface area contributed by atoms with Crippen molar-refractivity contribution in [2.45, 2.75) is 117 Å². The van der Waals surface area contributed by atoms with Gasteiger partial charge in [0.1, 0.15) is 0 Å². The first-order chi connectivity index (χ1) is 16.6. The van der Waals surface area contributed by atoms with Crippen LogP contribution in [0.1, 0.15) is 105 Å². The van der Waals surface area contributed by atoms with E-state index in [1.807, 2.05) is 6.08 Å². The first-order valence-corrected chi connectivity index (χ1v) is 14.1. The molecule has 0 aromatic carbocycles. The fraction of sp³-hybridized carbons (Fsp3) is 0.897. The number of ether oxygens (including phenoxy) is 2. The van der Waals surface area contributed by atoms with E-state index < -0.39 is 17.2 Å². The van der Waals surface area contributed by atoms with Crippen LogP contribution in [0.5, 0.6) is 0 Å². The maximum absolute atomic E-state index is 12.4. The summed E-state index contributed by atoms with van der Waals surface area (Å²) in [5.74, 6) is -0.279. The van der Waals surface area contributed by atoms with Crippen molar-refractivity contribution >= 4 is 5.97 Å². The van der Waals surface area contributed by atoms with Crippen molar-refractivity contribution in [1.82, 2.24) is 0 Å². The second-order valence-electron chi connectivity index (χ2n) is 11.6. The maximum Gasteiger partial charge on any atom is 0.367 e. The Labute approximate surface area is 213 Å².